The average molecular weight is 472 g/mol. The summed E-state index contributed by atoms with van der Waals surface area (Å²) in [6, 6.07) is 16.2. The van der Waals surface area contributed by atoms with Crippen LogP contribution in [0.15, 0.2) is 53.3 Å². The topological polar surface area (TPSA) is 95.7 Å². The van der Waals surface area contributed by atoms with Gasteiger partial charge in [-0.3, -0.25) is 14.3 Å². The number of carbonyl (C=O) groups is 1. The summed E-state index contributed by atoms with van der Waals surface area (Å²) in [5, 5.41) is 18.9. The van der Waals surface area contributed by atoms with Crippen molar-refractivity contribution < 1.29 is 15.0 Å². The molecular weight excluding hydrogens is 442 g/mol. The van der Waals surface area contributed by atoms with Crippen LogP contribution in [0.5, 0.6) is 5.75 Å². The number of hydrogen-bond acceptors (Lipinski definition) is 5. The maximum atomic E-state index is 12.3. The van der Waals surface area contributed by atoms with Crippen LogP contribution in [0, 0.1) is 18.8 Å². The Morgan fingerprint density at radius 2 is 1.51 bits per heavy atom. The second kappa shape index (κ2) is 11.0. The van der Waals surface area contributed by atoms with Crippen molar-refractivity contribution in [3.8, 4) is 17.6 Å². The van der Waals surface area contributed by atoms with Gasteiger partial charge < -0.3 is 10.2 Å². The Kier molecular flexibility index (Phi) is 7.64. The van der Waals surface area contributed by atoms with E-state index in [2.05, 4.69) is 46.0 Å². The van der Waals surface area contributed by atoms with Crippen LogP contribution in [0.1, 0.15) is 57.8 Å². The third-order valence-corrected chi connectivity index (χ3v) is 6.28. The minimum absolute atomic E-state index is 0.245. The number of aromatic hydroxyl groups is 1. The van der Waals surface area contributed by atoms with Gasteiger partial charge in [0, 0.05) is 24.2 Å². The first-order valence-corrected chi connectivity index (χ1v) is 11.9. The Bertz CT molecular complexity index is 1310. The Morgan fingerprint density at radius 1 is 0.943 bits per heavy atom. The molecule has 2 N–H and O–H groups in total. The molecule has 0 spiro atoms. The molecule has 1 fully saturated rings. The minimum atomic E-state index is -1.43. The lowest BCUT2D eigenvalue weighted by Gasteiger charge is -2.26. The van der Waals surface area contributed by atoms with E-state index in [0.717, 1.165) is 23.2 Å². The number of benzene rings is 2. The first-order chi connectivity index (χ1) is 16.9. The summed E-state index contributed by atoms with van der Waals surface area (Å²) >= 11 is 0. The molecule has 35 heavy (non-hydrogen) atoms. The third-order valence-electron chi connectivity index (χ3n) is 6.28. The second-order valence-electron chi connectivity index (χ2n) is 8.85. The van der Waals surface area contributed by atoms with Crippen LogP contribution in [-0.4, -0.2) is 43.7 Å². The van der Waals surface area contributed by atoms with Gasteiger partial charge >= 0.3 is 5.97 Å². The number of aromatic carboxylic acids is 1. The summed E-state index contributed by atoms with van der Waals surface area (Å²) in [7, 11) is 0. The highest BCUT2D eigenvalue weighted by Gasteiger charge is 2.18. The molecule has 0 radical (unpaired) electrons. The smallest absolute Gasteiger partial charge is 0.358 e. The second-order valence-corrected chi connectivity index (χ2v) is 8.85. The van der Waals surface area contributed by atoms with Gasteiger partial charge in [-0.05, 0) is 74.7 Å². The summed E-state index contributed by atoms with van der Waals surface area (Å²) in [4.78, 5) is 29.8. The SMILES string of the molecule is Cc1nc(C(=O)O)c(O)c(=O)n1CCc1ccc(C#Cc2ccc(CN3CCCCC3)cc2)cc1. The summed E-state index contributed by atoms with van der Waals surface area (Å²) in [5.41, 5.74) is 2.80. The number of rotatable bonds is 6. The molecule has 0 aliphatic carbocycles. The number of carboxylic acid groups (broad SMARTS) is 1. The van der Waals surface area contributed by atoms with Gasteiger partial charge in [0.05, 0.1) is 0 Å². The van der Waals surface area contributed by atoms with Gasteiger partial charge in [0.2, 0.25) is 5.75 Å². The van der Waals surface area contributed by atoms with Crippen molar-refractivity contribution in [2.24, 2.45) is 0 Å². The lowest BCUT2D eigenvalue weighted by molar-refractivity contribution is 0.0685. The zero-order chi connectivity index (χ0) is 24.8. The predicted octanol–water partition coefficient (Wildman–Crippen LogP) is 3.58. The lowest BCUT2D eigenvalue weighted by atomic mass is 10.1. The van der Waals surface area contributed by atoms with Crippen molar-refractivity contribution in [3.63, 3.8) is 0 Å². The van der Waals surface area contributed by atoms with Crippen LogP contribution < -0.4 is 5.56 Å². The van der Waals surface area contributed by atoms with E-state index in [4.69, 9.17) is 5.11 Å². The fraction of sp³-hybridized carbons (Fsp3) is 0.321. The van der Waals surface area contributed by atoms with Gasteiger partial charge in [0.15, 0.2) is 5.69 Å². The first-order valence-electron chi connectivity index (χ1n) is 11.9. The van der Waals surface area contributed by atoms with Crippen LogP contribution in [0.3, 0.4) is 0 Å². The van der Waals surface area contributed by atoms with E-state index >= 15 is 0 Å². The number of piperidine rings is 1. The van der Waals surface area contributed by atoms with E-state index in [-0.39, 0.29) is 12.4 Å². The van der Waals surface area contributed by atoms with E-state index in [1.54, 1.807) is 6.92 Å². The Labute approximate surface area is 204 Å². The van der Waals surface area contributed by atoms with Crippen molar-refractivity contribution in [3.05, 3.63) is 92.7 Å². The average Bonchev–Trinajstić information content (AvgIpc) is 2.87. The molecule has 1 aliphatic rings. The minimum Gasteiger partial charge on any atom is -0.501 e. The van der Waals surface area contributed by atoms with Crippen molar-refractivity contribution in [1.82, 2.24) is 14.5 Å². The fourth-order valence-corrected chi connectivity index (χ4v) is 4.27. The highest BCUT2D eigenvalue weighted by atomic mass is 16.4. The van der Waals surface area contributed by atoms with Crippen LogP contribution in [0.4, 0.5) is 0 Å². The first kappa shape index (κ1) is 24.2. The molecule has 0 bridgehead atoms. The molecule has 1 aliphatic heterocycles. The van der Waals surface area contributed by atoms with E-state index < -0.39 is 23.0 Å². The van der Waals surface area contributed by atoms with Crippen LogP contribution in [0.2, 0.25) is 0 Å². The summed E-state index contributed by atoms with van der Waals surface area (Å²) in [6.45, 7) is 5.20. The molecule has 7 heteroatoms. The predicted molar refractivity (Wildman–Crippen MR) is 134 cm³/mol. The fourth-order valence-electron chi connectivity index (χ4n) is 4.27. The Balaban J connectivity index is 1.36. The highest BCUT2D eigenvalue weighted by Crippen LogP contribution is 2.14. The molecule has 0 atom stereocenters. The van der Waals surface area contributed by atoms with E-state index in [0.29, 0.717) is 6.42 Å². The molecule has 0 amide bonds. The summed E-state index contributed by atoms with van der Waals surface area (Å²) < 4.78 is 1.28. The van der Waals surface area contributed by atoms with Gasteiger partial charge in [-0.25, -0.2) is 9.78 Å². The van der Waals surface area contributed by atoms with Gasteiger partial charge in [-0.1, -0.05) is 42.5 Å². The quantitative estimate of drug-likeness (QED) is 0.534. The van der Waals surface area contributed by atoms with Crippen LogP contribution >= 0.6 is 0 Å². The van der Waals surface area contributed by atoms with Crippen molar-refractivity contribution >= 4 is 5.97 Å². The summed E-state index contributed by atoms with van der Waals surface area (Å²) in [5.74, 6) is 4.38. The van der Waals surface area contributed by atoms with E-state index in [1.807, 2.05) is 24.3 Å². The van der Waals surface area contributed by atoms with Crippen molar-refractivity contribution in [1.29, 1.82) is 0 Å². The molecule has 1 aromatic heterocycles. The van der Waals surface area contributed by atoms with Crippen LogP contribution in [-0.2, 0) is 19.5 Å². The zero-order valence-electron chi connectivity index (χ0n) is 19.8. The Hall–Kier alpha value is -3.89. The molecule has 4 rings (SSSR count). The van der Waals surface area contributed by atoms with E-state index in [9.17, 15) is 14.7 Å². The Morgan fingerprint density at radius 3 is 2.09 bits per heavy atom. The number of hydrogen-bond donors (Lipinski definition) is 2. The highest BCUT2D eigenvalue weighted by molar-refractivity contribution is 5.88. The number of likely N-dealkylation sites (tertiary alicyclic amines) is 1. The van der Waals surface area contributed by atoms with Crippen molar-refractivity contribution in [2.75, 3.05) is 13.1 Å². The van der Waals surface area contributed by atoms with Crippen molar-refractivity contribution in [2.45, 2.75) is 45.7 Å². The molecule has 180 valence electrons. The van der Waals surface area contributed by atoms with Gasteiger partial charge in [-0.2, -0.15) is 0 Å². The third kappa shape index (κ3) is 6.17. The number of aromatic nitrogens is 2. The van der Waals surface area contributed by atoms with E-state index in [1.165, 1.54) is 42.5 Å². The summed E-state index contributed by atoms with van der Waals surface area (Å²) in [6.07, 6.45) is 4.46. The number of carboxylic acids is 1. The molecule has 0 unspecified atom stereocenters. The van der Waals surface area contributed by atoms with Gasteiger partial charge in [-0.15, -0.1) is 0 Å². The lowest BCUT2D eigenvalue weighted by Crippen LogP contribution is -2.29. The standard InChI is InChI=1S/C28H29N3O4/c1-20-29-25(28(34)35)26(32)27(33)31(20)18-15-23-9-7-21(8-10-23)5-6-22-11-13-24(14-12-22)19-30-16-3-2-4-17-30/h7-14,32H,2-4,15-19H2,1H3,(H,34,35). The zero-order valence-corrected chi connectivity index (χ0v) is 19.8. The largest absolute Gasteiger partial charge is 0.501 e. The molecule has 3 aromatic rings. The number of aryl methyl sites for hydroxylation is 2. The van der Waals surface area contributed by atoms with Gasteiger partial charge in [0.1, 0.15) is 5.82 Å². The molecule has 7 nitrogen and oxygen atoms in total. The maximum absolute atomic E-state index is 12.3. The van der Waals surface area contributed by atoms with Gasteiger partial charge in [0.25, 0.3) is 5.56 Å². The normalized spacial score (nSPS) is 13.7. The molecular formula is C28H29N3O4. The molecule has 2 heterocycles. The monoisotopic (exact) mass is 471 g/mol. The maximum Gasteiger partial charge on any atom is 0.358 e. The molecule has 0 saturated carbocycles. The molecule has 1 saturated heterocycles. The molecule has 2 aromatic carbocycles. The number of nitrogens with zero attached hydrogens (tertiary/aromatic N) is 3. The van der Waals surface area contributed by atoms with Crippen LogP contribution in [0.25, 0.3) is 0 Å².